The number of carbonyl (C=O) groups is 2. The van der Waals surface area contributed by atoms with E-state index in [4.69, 9.17) is 23.2 Å². The first kappa shape index (κ1) is 18.8. The highest BCUT2D eigenvalue weighted by Gasteiger charge is 2.35. The SMILES string of the molecule is CC(C)CCNC(=O)C(C)(C)C(=O)Nc1cc(Cl)cc(Cl)c1. The van der Waals surface area contributed by atoms with Crippen LogP contribution in [0.1, 0.15) is 34.1 Å². The van der Waals surface area contributed by atoms with Crippen LogP contribution in [-0.2, 0) is 9.59 Å². The van der Waals surface area contributed by atoms with Gasteiger partial charge in [0.1, 0.15) is 5.41 Å². The van der Waals surface area contributed by atoms with Gasteiger partial charge in [0.15, 0.2) is 0 Å². The summed E-state index contributed by atoms with van der Waals surface area (Å²) in [5.41, 5.74) is -0.725. The van der Waals surface area contributed by atoms with E-state index in [-0.39, 0.29) is 5.91 Å². The molecule has 0 radical (unpaired) electrons. The molecule has 2 N–H and O–H groups in total. The third-order valence-corrected chi connectivity index (χ3v) is 3.70. The van der Waals surface area contributed by atoms with Crippen LogP contribution in [0.4, 0.5) is 5.69 Å². The lowest BCUT2D eigenvalue weighted by atomic mass is 9.90. The summed E-state index contributed by atoms with van der Waals surface area (Å²) in [5.74, 6) is -0.225. The lowest BCUT2D eigenvalue weighted by Gasteiger charge is -2.23. The smallest absolute Gasteiger partial charge is 0.239 e. The fourth-order valence-corrected chi connectivity index (χ4v) is 2.24. The van der Waals surface area contributed by atoms with Crippen LogP contribution in [0.15, 0.2) is 18.2 Å². The Labute approximate surface area is 141 Å². The Kier molecular flexibility index (Phi) is 6.69. The monoisotopic (exact) mass is 344 g/mol. The number of nitrogens with one attached hydrogen (secondary N) is 2. The van der Waals surface area contributed by atoms with Gasteiger partial charge in [0.05, 0.1) is 0 Å². The largest absolute Gasteiger partial charge is 0.355 e. The summed E-state index contributed by atoms with van der Waals surface area (Å²) >= 11 is 11.8. The first-order chi connectivity index (χ1) is 10.1. The molecule has 2 amide bonds. The maximum atomic E-state index is 12.3. The Bertz CT molecular complexity index is 537. The fourth-order valence-electron chi connectivity index (χ4n) is 1.71. The first-order valence-electron chi connectivity index (χ1n) is 7.18. The molecule has 6 heteroatoms. The number of halogens is 2. The number of benzene rings is 1. The average Bonchev–Trinajstić information content (AvgIpc) is 2.36. The van der Waals surface area contributed by atoms with Crippen LogP contribution in [0.2, 0.25) is 10.0 Å². The van der Waals surface area contributed by atoms with Gasteiger partial charge < -0.3 is 10.6 Å². The van der Waals surface area contributed by atoms with Crippen molar-refractivity contribution >= 4 is 40.7 Å². The average molecular weight is 345 g/mol. The maximum Gasteiger partial charge on any atom is 0.239 e. The van der Waals surface area contributed by atoms with Crippen LogP contribution < -0.4 is 10.6 Å². The van der Waals surface area contributed by atoms with Crippen LogP contribution in [0.25, 0.3) is 0 Å². The highest BCUT2D eigenvalue weighted by molar-refractivity contribution is 6.35. The van der Waals surface area contributed by atoms with E-state index in [1.165, 1.54) is 0 Å². The minimum absolute atomic E-state index is 0.307. The molecule has 0 bridgehead atoms. The quantitative estimate of drug-likeness (QED) is 0.762. The van der Waals surface area contributed by atoms with E-state index in [0.717, 1.165) is 6.42 Å². The van der Waals surface area contributed by atoms with Gasteiger partial charge in [0.25, 0.3) is 0 Å². The Morgan fingerprint density at radius 2 is 1.64 bits per heavy atom. The number of hydrogen-bond donors (Lipinski definition) is 2. The molecule has 0 fully saturated rings. The molecule has 1 aromatic rings. The fraction of sp³-hybridized carbons (Fsp3) is 0.500. The first-order valence-corrected chi connectivity index (χ1v) is 7.94. The molecule has 0 saturated heterocycles. The van der Waals surface area contributed by atoms with Crippen LogP contribution in [-0.4, -0.2) is 18.4 Å². The molecule has 22 heavy (non-hydrogen) atoms. The molecule has 0 atom stereocenters. The van der Waals surface area contributed by atoms with Crippen molar-refractivity contribution < 1.29 is 9.59 Å². The summed E-state index contributed by atoms with van der Waals surface area (Å²) in [5, 5.41) is 6.30. The zero-order chi connectivity index (χ0) is 16.9. The number of amides is 2. The summed E-state index contributed by atoms with van der Waals surface area (Å²) in [6, 6.07) is 4.73. The van der Waals surface area contributed by atoms with Gasteiger partial charge in [0, 0.05) is 22.3 Å². The van der Waals surface area contributed by atoms with Crippen molar-refractivity contribution in [1.82, 2.24) is 5.32 Å². The van der Waals surface area contributed by atoms with E-state index in [1.807, 2.05) is 0 Å². The van der Waals surface area contributed by atoms with Crippen LogP contribution in [0.3, 0.4) is 0 Å². The van der Waals surface area contributed by atoms with Crippen LogP contribution >= 0.6 is 23.2 Å². The molecule has 0 aliphatic heterocycles. The molecular weight excluding hydrogens is 323 g/mol. The van der Waals surface area contributed by atoms with Gasteiger partial charge in [-0.05, 0) is 44.4 Å². The normalized spacial score (nSPS) is 11.4. The zero-order valence-corrected chi connectivity index (χ0v) is 14.8. The van der Waals surface area contributed by atoms with E-state index in [2.05, 4.69) is 24.5 Å². The molecule has 0 aliphatic carbocycles. The topological polar surface area (TPSA) is 58.2 Å². The number of carbonyl (C=O) groups excluding carboxylic acids is 2. The summed E-state index contributed by atoms with van der Waals surface area (Å²) in [4.78, 5) is 24.5. The van der Waals surface area contributed by atoms with Gasteiger partial charge in [0.2, 0.25) is 11.8 Å². The van der Waals surface area contributed by atoms with Gasteiger partial charge in [-0.15, -0.1) is 0 Å². The lowest BCUT2D eigenvalue weighted by molar-refractivity contribution is -0.138. The van der Waals surface area contributed by atoms with Gasteiger partial charge in [-0.3, -0.25) is 9.59 Å². The Morgan fingerprint density at radius 1 is 1.09 bits per heavy atom. The van der Waals surface area contributed by atoms with E-state index < -0.39 is 11.3 Å². The second-order valence-corrected chi connectivity index (χ2v) is 7.05. The predicted molar refractivity (Wildman–Crippen MR) is 91.3 cm³/mol. The molecule has 1 rings (SSSR count). The molecule has 0 aromatic heterocycles. The third-order valence-electron chi connectivity index (χ3n) is 3.26. The van der Waals surface area contributed by atoms with Crippen molar-refractivity contribution in [2.24, 2.45) is 11.3 Å². The predicted octanol–water partition coefficient (Wildman–Crippen LogP) is 4.12. The molecule has 1 aromatic carbocycles. The Balaban J connectivity index is 2.70. The molecule has 122 valence electrons. The van der Waals surface area contributed by atoms with Gasteiger partial charge in [-0.1, -0.05) is 37.0 Å². The number of hydrogen-bond acceptors (Lipinski definition) is 2. The molecular formula is C16H22Cl2N2O2. The van der Waals surface area contributed by atoms with Gasteiger partial charge in [-0.25, -0.2) is 0 Å². The molecule has 0 aliphatic rings. The van der Waals surface area contributed by atoms with Crippen molar-refractivity contribution in [3.8, 4) is 0 Å². The van der Waals surface area contributed by atoms with Crippen LogP contribution in [0, 0.1) is 11.3 Å². The number of rotatable bonds is 6. The summed E-state index contributed by atoms with van der Waals surface area (Å²) in [7, 11) is 0. The highest BCUT2D eigenvalue weighted by atomic mass is 35.5. The lowest BCUT2D eigenvalue weighted by Crippen LogP contribution is -2.45. The van der Waals surface area contributed by atoms with Crippen molar-refractivity contribution in [1.29, 1.82) is 0 Å². The highest BCUT2D eigenvalue weighted by Crippen LogP contribution is 2.25. The summed E-state index contributed by atoms with van der Waals surface area (Å²) < 4.78 is 0. The van der Waals surface area contributed by atoms with E-state index in [1.54, 1.807) is 32.0 Å². The molecule has 0 heterocycles. The minimum atomic E-state index is -1.19. The molecule has 0 spiro atoms. The van der Waals surface area contributed by atoms with Crippen LogP contribution in [0.5, 0.6) is 0 Å². The van der Waals surface area contributed by atoms with Crippen molar-refractivity contribution in [3.05, 3.63) is 28.2 Å². The van der Waals surface area contributed by atoms with E-state index >= 15 is 0 Å². The van der Waals surface area contributed by atoms with Crippen molar-refractivity contribution in [2.45, 2.75) is 34.1 Å². The van der Waals surface area contributed by atoms with Crippen molar-refractivity contribution in [2.75, 3.05) is 11.9 Å². The molecule has 4 nitrogen and oxygen atoms in total. The standard InChI is InChI=1S/C16H22Cl2N2O2/c1-10(2)5-6-19-14(21)16(3,4)15(22)20-13-8-11(17)7-12(18)9-13/h7-10H,5-6H2,1-4H3,(H,19,21)(H,20,22). The van der Waals surface area contributed by atoms with Gasteiger partial charge in [-0.2, -0.15) is 0 Å². The summed E-state index contributed by atoms with van der Waals surface area (Å²) in [6.45, 7) is 7.87. The zero-order valence-electron chi connectivity index (χ0n) is 13.3. The molecule has 0 unspecified atom stereocenters. The second-order valence-electron chi connectivity index (χ2n) is 6.18. The minimum Gasteiger partial charge on any atom is -0.355 e. The van der Waals surface area contributed by atoms with Gasteiger partial charge >= 0.3 is 0 Å². The number of anilines is 1. The Morgan fingerprint density at radius 3 is 2.14 bits per heavy atom. The maximum absolute atomic E-state index is 12.3. The molecule has 0 saturated carbocycles. The third kappa shape index (κ3) is 5.50. The summed E-state index contributed by atoms with van der Waals surface area (Å²) in [6.07, 6.45) is 0.868. The van der Waals surface area contributed by atoms with E-state index in [9.17, 15) is 9.59 Å². The van der Waals surface area contributed by atoms with E-state index in [0.29, 0.717) is 28.2 Å². The second kappa shape index (κ2) is 7.84. The van der Waals surface area contributed by atoms with Crippen molar-refractivity contribution in [3.63, 3.8) is 0 Å². The Hall–Kier alpha value is -1.26.